The van der Waals surface area contributed by atoms with Gasteiger partial charge in [0.2, 0.25) is 0 Å². The lowest BCUT2D eigenvalue weighted by atomic mass is 10.2. The number of halogens is 3. The molecule has 0 aromatic carbocycles. The summed E-state index contributed by atoms with van der Waals surface area (Å²) in [7, 11) is 0. The number of anilines is 1. The van der Waals surface area contributed by atoms with Crippen molar-refractivity contribution in [2.24, 2.45) is 0 Å². The first kappa shape index (κ1) is 16.0. The highest BCUT2D eigenvalue weighted by atomic mass is 32.2. The van der Waals surface area contributed by atoms with E-state index in [0.29, 0.717) is 12.2 Å². The van der Waals surface area contributed by atoms with E-state index in [2.05, 4.69) is 15.0 Å². The summed E-state index contributed by atoms with van der Waals surface area (Å²) in [5.41, 5.74) is 5.27. The Morgan fingerprint density at radius 2 is 2.04 bits per heavy atom. The summed E-state index contributed by atoms with van der Waals surface area (Å²) in [5.74, 6) is 0.330. The predicted octanol–water partition coefficient (Wildman–Crippen LogP) is 4.02. The average Bonchev–Trinajstić information content (AvgIpc) is 2.93. The average molecular weight is 356 g/mol. The molecule has 120 valence electrons. The maximum absolute atomic E-state index is 12.7. The number of hydrogen-bond donors (Lipinski definition) is 1. The van der Waals surface area contributed by atoms with Crippen LogP contribution in [0.15, 0.2) is 34.9 Å². The molecule has 0 amide bonds. The van der Waals surface area contributed by atoms with Gasteiger partial charge >= 0.3 is 6.18 Å². The highest BCUT2D eigenvalue weighted by molar-refractivity contribution is 7.99. The van der Waals surface area contributed by atoms with Crippen molar-refractivity contribution in [1.82, 2.24) is 15.0 Å². The van der Waals surface area contributed by atoms with Crippen LogP contribution in [0.5, 0.6) is 0 Å². The first-order valence-electron chi connectivity index (χ1n) is 6.58. The van der Waals surface area contributed by atoms with E-state index in [9.17, 15) is 13.2 Å². The summed E-state index contributed by atoms with van der Waals surface area (Å²) >= 11 is 2.74. The zero-order chi connectivity index (χ0) is 16.4. The minimum atomic E-state index is -4.53. The minimum absolute atomic E-state index is 0.0222. The van der Waals surface area contributed by atoms with Crippen molar-refractivity contribution in [3.05, 3.63) is 41.2 Å². The van der Waals surface area contributed by atoms with E-state index >= 15 is 0 Å². The smallest absolute Gasteiger partial charge is 0.384 e. The molecule has 23 heavy (non-hydrogen) atoms. The Hall–Kier alpha value is -1.87. The van der Waals surface area contributed by atoms with Gasteiger partial charge in [-0.25, -0.2) is 9.97 Å². The van der Waals surface area contributed by atoms with Crippen LogP contribution in [0.3, 0.4) is 0 Å². The van der Waals surface area contributed by atoms with Crippen molar-refractivity contribution < 1.29 is 13.2 Å². The molecule has 0 spiro atoms. The Morgan fingerprint density at radius 1 is 1.22 bits per heavy atom. The zero-order valence-corrected chi connectivity index (χ0v) is 13.3. The van der Waals surface area contributed by atoms with Gasteiger partial charge in [0, 0.05) is 23.7 Å². The molecule has 3 rings (SSSR count). The number of aryl methyl sites for hydroxylation is 1. The lowest BCUT2D eigenvalue weighted by Crippen LogP contribution is -2.11. The highest BCUT2D eigenvalue weighted by Gasteiger charge is 2.33. The van der Waals surface area contributed by atoms with Gasteiger partial charge in [0.05, 0.1) is 4.70 Å². The molecule has 0 fully saturated rings. The molecule has 0 aliphatic heterocycles. The summed E-state index contributed by atoms with van der Waals surface area (Å²) < 4.78 is 39.2. The number of aromatic nitrogens is 3. The number of nitrogen functional groups attached to an aromatic ring is 1. The number of hydrogen-bond acceptors (Lipinski definition) is 6. The van der Waals surface area contributed by atoms with Crippen LogP contribution >= 0.6 is 23.1 Å². The van der Waals surface area contributed by atoms with E-state index in [1.165, 1.54) is 0 Å². The van der Waals surface area contributed by atoms with E-state index < -0.39 is 11.9 Å². The first-order valence-corrected chi connectivity index (χ1v) is 8.45. The Bertz CT molecular complexity index is 832. The molecule has 0 saturated heterocycles. The highest BCUT2D eigenvalue weighted by Crippen LogP contribution is 2.30. The fraction of sp³-hybridized carbons (Fsp3) is 0.214. The van der Waals surface area contributed by atoms with Crippen molar-refractivity contribution in [2.45, 2.75) is 17.8 Å². The van der Waals surface area contributed by atoms with Crippen LogP contribution in [-0.4, -0.2) is 20.7 Å². The van der Waals surface area contributed by atoms with E-state index in [1.807, 2.05) is 17.5 Å². The molecule has 2 N–H and O–H groups in total. The molecule has 0 atom stereocenters. The Balaban J connectivity index is 1.67. The summed E-state index contributed by atoms with van der Waals surface area (Å²) in [5, 5.41) is 3.13. The standard InChI is InChI=1S/C14H11F3N4S2/c15-14(16,17)11-6-12(18)21-13(20-11)23-4-2-9-5-8-1-3-22-10(8)7-19-9/h1,3,5-7H,2,4H2,(H2,18,20,21). The lowest BCUT2D eigenvalue weighted by molar-refractivity contribution is -0.141. The molecule has 0 aliphatic carbocycles. The van der Waals surface area contributed by atoms with Gasteiger partial charge in [0.1, 0.15) is 5.82 Å². The molecule has 0 saturated carbocycles. The van der Waals surface area contributed by atoms with E-state index in [0.717, 1.165) is 33.6 Å². The van der Waals surface area contributed by atoms with Gasteiger partial charge in [-0.2, -0.15) is 13.2 Å². The lowest BCUT2D eigenvalue weighted by Gasteiger charge is -2.08. The van der Waals surface area contributed by atoms with Crippen molar-refractivity contribution in [3.8, 4) is 0 Å². The molecular weight excluding hydrogens is 345 g/mol. The van der Waals surface area contributed by atoms with Crippen molar-refractivity contribution in [2.75, 3.05) is 11.5 Å². The molecule has 4 nitrogen and oxygen atoms in total. The van der Waals surface area contributed by atoms with Gasteiger partial charge in [-0.05, 0) is 29.3 Å². The fourth-order valence-electron chi connectivity index (χ4n) is 1.95. The topological polar surface area (TPSA) is 64.7 Å². The molecule has 3 aromatic rings. The Kier molecular flexibility index (Phi) is 4.40. The van der Waals surface area contributed by atoms with Crippen LogP contribution in [0, 0.1) is 0 Å². The minimum Gasteiger partial charge on any atom is -0.384 e. The normalized spacial score (nSPS) is 12.0. The maximum atomic E-state index is 12.7. The van der Waals surface area contributed by atoms with Gasteiger partial charge in [-0.1, -0.05) is 11.8 Å². The second kappa shape index (κ2) is 6.32. The number of fused-ring (bicyclic) bond motifs is 1. The van der Waals surface area contributed by atoms with Crippen LogP contribution in [0.1, 0.15) is 11.4 Å². The first-order chi connectivity index (χ1) is 10.9. The molecule has 0 radical (unpaired) electrons. The van der Waals surface area contributed by atoms with Crippen LogP contribution < -0.4 is 5.73 Å². The maximum Gasteiger partial charge on any atom is 0.433 e. The summed E-state index contributed by atoms with van der Waals surface area (Å²) in [6, 6.07) is 4.72. The molecular formula is C14H11F3N4S2. The second-order valence-corrected chi connectivity index (χ2v) is 6.70. The van der Waals surface area contributed by atoms with Crippen LogP contribution in [0.4, 0.5) is 19.0 Å². The summed E-state index contributed by atoms with van der Waals surface area (Å²) in [4.78, 5) is 11.7. The van der Waals surface area contributed by atoms with E-state index in [4.69, 9.17) is 5.73 Å². The monoisotopic (exact) mass is 356 g/mol. The van der Waals surface area contributed by atoms with Crippen molar-refractivity contribution in [3.63, 3.8) is 0 Å². The van der Waals surface area contributed by atoms with Gasteiger partial charge in [0.25, 0.3) is 0 Å². The van der Waals surface area contributed by atoms with Crippen molar-refractivity contribution in [1.29, 1.82) is 0 Å². The summed E-state index contributed by atoms with van der Waals surface area (Å²) in [6.07, 6.45) is -2.12. The molecule has 0 unspecified atom stereocenters. The fourth-order valence-corrected chi connectivity index (χ4v) is 3.51. The molecule has 0 bridgehead atoms. The van der Waals surface area contributed by atoms with Crippen LogP contribution in [0.25, 0.3) is 10.1 Å². The number of alkyl halides is 3. The number of nitrogens with zero attached hydrogens (tertiary/aromatic N) is 3. The largest absolute Gasteiger partial charge is 0.433 e. The number of pyridine rings is 1. The van der Waals surface area contributed by atoms with E-state index in [1.54, 1.807) is 17.5 Å². The summed E-state index contributed by atoms with van der Waals surface area (Å²) in [6.45, 7) is 0. The van der Waals surface area contributed by atoms with E-state index in [-0.39, 0.29) is 11.0 Å². The third kappa shape index (κ3) is 3.91. The second-order valence-electron chi connectivity index (χ2n) is 4.69. The Labute approximate surface area is 138 Å². The van der Waals surface area contributed by atoms with Crippen molar-refractivity contribution >= 4 is 39.0 Å². The number of nitrogens with two attached hydrogens (primary N) is 1. The number of thiophene rings is 1. The van der Waals surface area contributed by atoms with Gasteiger partial charge < -0.3 is 5.73 Å². The third-order valence-corrected chi connectivity index (χ3v) is 4.72. The van der Waals surface area contributed by atoms with Crippen LogP contribution in [-0.2, 0) is 12.6 Å². The van der Waals surface area contributed by atoms with Gasteiger partial charge in [-0.15, -0.1) is 11.3 Å². The van der Waals surface area contributed by atoms with Crippen LogP contribution in [0.2, 0.25) is 0 Å². The van der Waals surface area contributed by atoms with Gasteiger partial charge in [-0.3, -0.25) is 4.98 Å². The molecule has 3 heterocycles. The number of thioether (sulfide) groups is 1. The SMILES string of the molecule is Nc1cc(C(F)(F)F)nc(SCCc2cc3ccsc3cn2)n1. The Morgan fingerprint density at radius 3 is 2.83 bits per heavy atom. The molecule has 9 heteroatoms. The number of rotatable bonds is 4. The predicted molar refractivity (Wildman–Crippen MR) is 85.5 cm³/mol. The molecule has 3 aromatic heterocycles. The molecule has 0 aliphatic rings. The third-order valence-electron chi connectivity index (χ3n) is 3.00. The zero-order valence-electron chi connectivity index (χ0n) is 11.7. The van der Waals surface area contributed by atoms with Gasteiger partial charge in [0.15, 0.2) is 10.9 Å². The quantitative estimate of drug-likeness (QED) is 0.565.